The maximum Gasteiger partial charge on any atom is 0.222 e. The molecule has 0 aliphatic rings. The van der Waals surface area contributed by atoms with E-state index in [2.05, 4.69) is 5.16 Å². The first-order valence-electron chi connectivity index (χ1n) is 4.31. The number of aromatic hydroxyl groups is 1. The summed E-state index contributed by atoms with van der Waals surface area (Å²) in [5, 5.41) is 13.5. The number of nitrogen functional groups attached to an aromatic ring is 1. The van der Waals surface area contributed by atoms with Gasteiger partial charge in [-0.3, -0.25) is 0 Å². The van der Waals surface area contributed by atoms with Gasteiger partial charge >= 0.3 is 0 Å². The number of hydrogen-bond acceptors (Lipinski definition) is 5. The monoisotopic (exact) mass is 222 g/mol. The number of benzene rings is 1. The highest BCUT2D eigenvalue weighted by atomic mass is 32.2. The number of rotatable bonds is 2. The third-order valence-electron chi connectivity index (χ3n) is 2.01. The minimum Gasteiger partial charge on any atom is -0.507 e. The van der Waals surface area contributed by atoms with Crippen molar-refractivity contribution in [3.8, 4) is 17.0 Å². The fourth-order valence-electron chi connectivity index (χ4n) is 1.35. The van der Waals surface area contributed by atoms with Gasteiger partial charge in [0.15, 0.2) is 0 Å². The maximum absolute atomic E-state index is 9.75. The summed E-state index contributed by atoms with van der Waals surface area (Å²) in [4.78, 5) is 0.934. The third kappa shape index (κ3) is 1.78. The zero-order chi connectivity index (χ0) is 10.8. The van der Waals surface area contributed by atoms with Crippen molar-refractivity contribution in [3.05, 3.63) is 24.3 Å². The first-order valence-corrected chi connectivity index (χ1v) is 5.53. The Morgan fingerprint density at radius 1 is 1.47 bits per heavy atom. The van der Waals surface area contributed by atoms with Gasteiger partial charge in [0.2, 0.25) is 5.88 Å². The first-order chi connectivity index (χ1) is 7.22. The molecule has 2 aromatic rings. The molecule has 5 heteroatoms. The van der Waals surface area contributed by atoms with Crippen LogP contribution in [0.15, 0.2) is 33.7 Å². The van der Waals surface area contributed by atoms with Crippen LogP contribution in [0.25, 0.3) is 11.3 Å². The second-order valence-electron chi connectivity index (χ2n) is 2.97. The third-order valence-corrected chi connectivity index (χ3v) is 2.79. The van der Waals surface area contributed by atoms with Crippen LogP contribution < -0.4 is 5.73 Å². The summed E-state index contributed by atoms with van der Waals surface area (Å²) in [6.07, 6.45) is 1.93. The van der Waals surface area contributed by atoms with E-state index in [1.165, 1.54) is 11.8 Å². The van der Waals surface area contributed by atoms with E-state index in [4.69, 9.17) is 10.3 Å². The summed E-state index contributed by atoms with van der Waals surface area (Å²) < 4.78 is 4.78. The normalized spacial score (nSPS) is 10.5. The molecule has 2 rings (SSSR count). The second-order valence-corrected chi connectivity index (χ2v) is 3.82. The van der Waals surface area contributed by atoms with Gasteiger partial charge in [0.25, 0.3) is 0 Å². The van der Waals surface area contributed by atoms with E-state index in [0.717, 1.165) is 4.90 Å². The van der Waals surface area contributed by atoms with Crippen LogP contribution in [0.2, 0.25) is 0 Å². The Balaban J connectivity index is 2.60. The average molecular weight is 222 g/mol. The van der Waals surface area contributed by atoms with Gasteiger partial charge in [-0.25, -0.2) is 0 Å². The van der Waals surface area contributed by atoms with Gasteiger partial charge in [0, 0.05) is 11.0 Å². The van der Waals surface area contributed by atoms with Crippen LogP contribution >= 0.6 is 11.8 Å². The lowest BCUT2D eigenvalue weighted by Crippen LogP contribution is -1.83. The van der Waals surface area contributed by atoms with Crippen molar-refractivity contribution in [1.82, 2.24) is 5.16 Å². The molecule has 15 heavy (non-hydrogen) atoms. The summed E-state index contributed by atoms with van der Waals surface area (Å²) in [7, 11) is 0. The smallest absolute Gasteiger partial charge is 0.222 e. The molecule has 1 aromatic heterocycles. The molecule has 0 radical (unpaired) electrons. The Morgan fingerprint density at radius 2 is 2.27 bits per heavy atom. The van der Waals surface area contributed by atoms with Crippen molar-refractivity contribution in [1.29, 1.82) is 0 Å². The SMILES string of the molecule is CSc1cccc(O)c1-c1cc(N)on1. The van der Waals surface area contributed by atoms with Crippen molar-refractivity contribution >= 4 is 17.6 Å². The molecule has 0 atom stereocenters. The molecule has 0 spiro atoms. The zero-order valence-corrected chi connectivity index (χ0v) is 8.91. The molecule has 0 amide bonds. The minimum atomic E-state index is 0.176. The Bertz CT molecular complexity index is 482. The molecule has 1 aromatic carbocycles. The minimum absolute atomic E-state index is 0.176. The van der Waals surface area contributed by atoms with Crippen molar-refractivity contribution < 1.29 is 9.63 Å². The van der Waals surface area contributed by atoms with Crippen molar-refractivity contribution in [2.45, 2.75) is 4.90 Å². The molecular weight excluding hydrogens is 212 g/mol. The van der Waals surface area contributed by atoms with E-state index in [1.807, 2.05) is 12.3 Å². The average Bonchev–Trinajstić information content (AvgIpc) is 2.64. The Hall–Kier alpha value is -1.62. The van der Waals surface area contributed by atoms with Gasteiger partial charge in [0.05, 0.1) is 5.56 Å². The summed E-state index contributed by atoms with van der Waals surface area (Å²) in [5.41, 5.74) is 6.65. The number of thioether (sulfide) groups is 1. The molecule has 78 valence electrons. The van der Waals surface area contributed by atoms with Crippen LogP contribution in [-0.2, 0) is 0 Å². The highest BCUT2D eigenvalue weighted by Crippen LogP contribution is 2.36. The fourth-order valence-corrected chi connectivity index (χ4v) is 1.98. The van der Waals surface area contributed by atoms with Crippen molar-refractivity contribution in [3.63, 3.8) is 0 Å². The lowest BCUT2D eigenvalue weighted by Gasteiger charge is -2.05. The summed E-state index contributed by atoms with van der Waals surface area (Å²) >= 11 is 1.53. The molecule has 0 saturated carbocycles. The highest BCUT2D eigenvalue weighted by molar-refractivity contribution is 7.98. The van der Waals surface area contributed by atoms with E-state index in [9.17, 15) is 5.11 Å². The number of anilines is 1. The van der Waals surface area contributed by atoms with E-state index in [0.29, 0.717) is 11.3 Å². The zero-order valence-electron chi connectivity index (χ0n) is 8.10. The quantitative estimate of drug-likeness (QED) is 0.763. The maximum atomic E-state index is 9.75. The Kier molecular flexibility index (Phi) is 2.55. The lowest BCUT2D eigenvalue weighted by atomic mass is 10.1. The van der Waals surface area contributed by atoms with E-state index in [-0.39, 0.29) is 11.6 Å². The Morgan fingerprint density at radius 3 is 2.87 bits per heavy atom. The standard InChI is InChI=1S/C10H10N2O2S/c1-15-8-4-2-3-7(13)10(8)6-5-9(11)14-12-6/h2-5,13H,11H2,1H3. The number of nitrogens with two attached hydrogens (primary N) is 1. The molecule has 0 saturated heterocycles. The predicted molar refractivity (Wildman–Crippen MR) is 59.8 cm³/mol. The number of phenols is 1. The molecule has 4 nitrogen and oxygen atoms in total. The molecule has 0 unspecified atom stereocenters. The predicted octanol–water partition coefficient (Wildman–Crippen LogP) is 2.35. The van der Waals surface area contributed by atoms with E-state index >= 15 is 0 Å². The van der Waals surface area contributed by atoms with Crippen LogP contribution in [0, 0.1) is 0 Å². The van der Waals surface area contributed by atoms with Gasteiger partial charge in [-0.2, -0.15) is 0 Å². The Labute approximate surface area is 91.1 Å². The molecule has 0 aliphatic carbocycles. The number of phenolic OH excluding ortho intramolecular Hbond substituents is 1. The van der Waals surface area contributed by atoms with Crippen LogP contribution in [0.5, 0.6) is 5.75 Å². The highest BCUT2D eigenvalue weighted by Gasteiger charge is 2.13. The topological polar surface area (TPSA) is 72.3 Å². The van der Waals surface area contributed by atoms with Crippen LogP contribution in [0.3, 0.4) is 0 Å². The summed E-state index contributed by atoms with van der Waals surface area (Å²) in [5.74, 6) is 0.412. The van der Waals surface area contributed by atoms with Gasteiger partial charge in [0.1, 0.15) is 11.4 Å². The lowest BCUT2D eigenvalue weighted by molar-refractivity contribution is 0.437. The molecule has 1 heterocycles. The van der Waals surface area contributed by atoms with Crippen molar-refractivity contribution in [2.24, 2.45) is 0 Å². The number of hydrogen-bond donors (Lipinski definition) is 2. The van der Waals surface area contributed by atoms with Crippen LogP contribution in [0.4, 0.5) is 5.88 Å². The molecular formula is C10H10N2O2S. The van der Waals surface area contributed by atoms with Gasteiger partial charge in [-0.05, 0) is 18.4 Å². The molecule has 0 bridgehead atoms. The molecule has 3 N–H and O–H groups in total. The van der Waals surface area contributed by atoms with E-state index in [1.54, 1.807) is 18.2 Å². The van der Waals surface area contributed by atoms with Gasteiger partial charge < -0.3 is 15.4 Å². The largest absolute Gasteiger partial charge is 0.507 e. The number of aromatic nitrogens is 1. The summed E-state index contributed by atoms with van der Waals surface area (Å²) in [6.45, 7) is 0. The van der Waals surface area contributed by atoms with Crippen LogP contribution in [-0.4, -0.2) is 16.5 Å². The first kappa shape index (κ1) is 9.92. The molecule has 0 aliphatic heterocycles. The summed E-state index contributed by atoms with van der Waals surface area (Å²) in [6, 6.07) is 6.90. The van der Waals surface area contributed by atoms with E-state index < -0.39 is 0 Å². The second kappa shape index (κ2) is 3.86. The van der Waals surface area contributed by atoms with Crippen molar-refractivity contribution in [2.75, 3.05) is 12.0 Å². The van der Waals surface area contributed by atoms with Gasteiger partial charge in [-0.15, -0.1) is 11.8 Å². The van der Waals surface area contributed by atoms with Gasteiger partial charge in [-0.1, -0.05) is 11.2 Å². The number of nitrogens with zero attached hydrogens (tertiary/aromatic N) is 1. The fraction of sp³-hybridized carbons (Fsp3) is 0.100. The van der Waals surface area contributed by atoms with Crippen LogP contribution in [0.1, 0.15) is 0 Å². The molecule has 0 fully saturated rings.